The summed E-state index contributed by atoms with van der Waals surface area (Å²) < 4.78 is 5.19. The van der Waals surface area contributed by atoms with Crippen LogP contribution in [-0.4, -0.2) is 22.2 Å². The molecular weight excluding hydrogens is 216 g/mol. The van der Waals surface area contributed by atoms with Gasteiger partial charge in [0.2, 0.25) is 5.88 Å². The van der Waals surface area contributed by atoms with Crippen LogP contribution in [0.5, 0.6) is 5.88 Å². The summed E-state index contributed by atoms with van der Waals surface area (Å²) in [5.74, 6) is 0.685. The number of rotatable bonds is 3. The molecule has 1 saturated carbocycles. The fourth-order valence-corrected chi connectivity index (χ4v) is 2.68. The Bertz CT molecular complexity index is 373. The molecule has 2 rings (SSSR count). The first kappa shape index (κ1) is 12.3. The summed E-state index contributed by atoms with van der Waals surface area (Å²) in [6.45, 7) is 1.83. The van der Waals surface area contributed by atoms with E-state index in [4.69, 9.17) is 4.74 Å². The van der Waals surface area contributed by atoms with Gasteiger partial charge >= 0.3 is 0 Å². The van der Waals surface area contributed by atoms with Crippen LogP contribution in [0.25, 0.3) is 0 Å². The summed E-state index contributed by atoms with van der Waals surface area (Å²) in [5.41, 5.74) is -0.380. The quantitative estimate of drug-likeness (QED) is 0.874. The Balaban J connectivity index is 2.29. The minimum Gasteiger partial charge on any atom is -0.480 e. The minimum atomic E-state index is -0.944. The molecule has 1 N–H and O–H groups in total. The summed E-state index contributed by atoms with van der Waals surface area (Å²) in [6.07, 6.45) is 8.92. The van der Waals surface area contributed by atoms with Crippen molar-refractivity contribution < 1.29 is 9.84 Å². The molecule has 0 aliphatic heterocycles. The lowest BCUT2D eigenvalue weighted by Gasteiger charge is -2.35. The number of ether oxygens (including phenoxy) is 1. The molecule has 1 heterocycles. The molecule has 0 aromatic carbocycles. The number of aromatic nitrogens is 2. The fourth-order valence-electron chi connectivity index (χ4n) is 2.68. The predicted molar refractivity (Wildman–Crippen MR) is 64.7 cm³/mol. The number of methoxy groups -OCH3 is 1. The predicted octanol–water partition coefficient (Wildman–Crippen LogP) is 2.27. The highest BCUT2D eigenvalue weighted by Gasteiger charge is 2.38. The van der Waals surface area contributed by atoms with Crippen molar-refractivity contribution in [1.29, 1.82) is 0 Å². The highest BCUT2D eigenvalue weighted by Crippen LogP contribution is 2.40. The van der Waals surface area contributed by atoms with Gasteiger partial charge in [0.1, 0.15) is 11.3 Å². The van der Waals surface area contributed by atoms with Crippen molar-refractivity contribution in [3.8, 4) is 5.88 Å². The molecule has 17 heavy (non-hydrogen) atoms. The van der Waals surface area contributed by atoms with Gasteiger partial charge in [-0.3, -0.25) is 4.98 Å². The maximum Gasteiger partial charge on any atom is 0.238 e. The van der Waals surface area contributed by atoms with E-state index in [2.05, 4.69) is 9.97 Å². The third-order valence-corrected chi connectivity index (χ3v) is 3.74. The Morgan fingerprint density at radius 1 is 1.24 bits per heavy atom. The Labute approximate surface area is 102 Å². The molecule has 1 aromatic heterocycles. The van der Waals surface area contributed by atoms with Crippen LogP contribution in [0.4, 0.5) is 0 Å². The third kappa shape index (κ3) is 2.41. The summed E-state index contributed by atoms with van der Waals surface area (Å²) in [6, 6.07) is 0. The van der Waals surface area contributed by atoms with Crippen LogP contribution in [0.3, 0.4) is 0 Å². The highest BCUT2D eigenvalue weighted by molar-refractivity contribution is 5.24. The molecule has 1 aliphatic rings. The first-order valence-corrected chi connectivity index (χ1v) is 6.24. The molecule has 0 amide bonds. The molecule has 0 saturated heterocycles. The molecule has 1 aliphatic carbocycles. The second-order valence-electron chi connectivity index (χ2n) is 4.90. The van der Waals surface area contributed by atoms with Crippen LogP contribution in [0.2, 0.25) is 0 Å². The van der Waals surface area contributed by atoms with Crippen LogP contribution in [0.15, 0.2) is 12.4 Å². The van der Waals surface area contributed by atoms with Gasteiger partial charge in [0, 0.05) is 12.4 Å². The van der Waals surface area contributed by atoms with Crippen molar-refractivity contribution in [2.75, 3.05) is 7.11 Å². The fraction of sp³-hybridized carbons (Fsp3) is 0.692. The average molecular weight is 236 g/mol. The first-order chi connectivity index (χ1) is 8.16. The normalized spacial score (nSPS) is 20.9. The largest absolute Gasteiger partial charge is 0.480 e. The molecule has 1 aromatic rings. The van der Waals surface area contributed by atoms with E-state index in [1.165, 1.54) is 19.3 Å². The van der Waals surface area contributed by atoms with E-state index in [-0.39, 0.29) is 5.92 Å². The highest BCUT2D eigenvalue weighted by atomic mass is 16.5. The molecule has 1 fully saturated rings. The molecule has 1 atom stereocenters. The van der Waals surface area contributed by atoms with Crippen LogP contribution in [-0.2, 0) is 5.60 Å². The number of hydrogen-bond donors (Lipinski definition) is 1. The van der Waals surface area contributed by atoms with E-state index in [0.29, 0.717) is 11.6 Å². The van der Waals surface area contributed by atoms with Crippen LogP contribution in [0, 0.1) is 5.92 Å². The van der Waals surface area contributed by atoms with Gasteiger partial charge in [-0.1, -0.05) is 19.3 Å². The minimum absolute atomic E-state index is 0.252. The Kier molecular flexibility index (Phi) is 3.62. The summed E-state index contributed by atoms with van der Waals surface area (Å²) in [5, 5.41) is 10.7. The maximum absolute atomic E-state index is 10.7. The summed E-state index contributed by atoms with van der Waals surface area (Å²) >= 11 is 0. The van der Waals surface area contributed by atoms with Crippen LogP contribution in [0.1, 0.15) is 44.7 Å². The molecule has 0 spiro atoms. The lowest BCUT2D eigenvalue weighted by atomic mass is 9.76. The molecule has 4 heteroatoms. The zero-order valence-corrected chi connectivity index (χ0v) is 10.5. The molecule has 0 radical (unpaired) electrons. The van der Waals surface area contributed by atoms with E-state index >= 15 is 0 Å². The van der Waals surface area contributed by atoms with Gasteiger partial charge in [0.15, 0.2) is 0 Å². The third-order valence-electron chi connectivity index (χ3n) is 3.74. The van der Waals surface area contributed by atoms with Gasteiger partial charge in [0.05, 0.1) is 7.11 Å². The maximum atomic E-state index is 10.7. The zero-order valence-electron chi connectivity index (χ0n) is 10.5. The average Bonchev–Trinajstić information content (AvgIpc) is 2.39. The van der Waals surface area contributed by atoms with Crippen LogP contribution >= 0.6 is 0 Å². The Hall–Kier alpha value is -1.16. The van der Waals surface area contributed by atoms with E-state index < -0.39 is 5.60 Å². The molecule has 1 unspecified atom stereocenters. The lowest BCUT2D eigenvalue weighted by Crippen LogP contribution is -2.34. The molecule has 4 nitrogen and oxygen atoms in total. The van der Waals surface area contributed by atoms with Gasteiger partial charge in [0.25, 0.3) is 0 Å². The van der Waals surface area contributed by atoms with Gasteiger partial charge in [-0.05, 0) is 25.7 Å². The smallest absolute Gasteiger partial charge is 0.238 e. The monoisotopic (exact) mass is 236 g/mol. The van der Waals surface area contributed by atoms with E-state index in [9.17, 15) is 5.11 Å². The van der Waals surface area contributed by atoms with Gasteiger partial charge in [-0.15, -0.1) is 0 Å². The van der Waals surface area contributed by atoms with E-state index in [0.717, 1.165) is 12.8 Å². The molecule has 0 bridgehead atoms. The van der Waals surface area contributed by atoms with Gasteiger partial charge in [-0.25, -0.2) is 4.98 Å². The van der Waals surface area contributed by atoms with Crippen molar-refractivity contribution in [2.24, 2.45) is 5.92 Å². The number of aliphatic hydroxyl groups is 1. The SMILES string of the molecule is COc1nccnc1C(C)(O)C1CCCCC1. The molecule has 94 valence electrons. The second kappa shape index (κ2) is 5.00. The van der Waals surface area contributed by atoms with Crippen molar-refractivity contribution >= 4 is 0 Å². The van der Waals surface area contributed by atoms with Gasteiger partial charge in [-0.2, -0.15) is 0 Å². The van der Waals surface area contributed by atoms with E-state index in [1.807, 2.05) is 6.92 Å². The zero-order chi connectivity index (χ0) is 12.3. The van der Waals surface area contributed by atoms with Crippen molar-refractivity contribution in [3.63, 3.8) is 0 Å². The first-order valence-electron chi connectivity index (χ1n) is 6.24. The van der Waals surface area contributed by atoms with Crippen molar-refractivity contribution in [1.82, 2.24) is 9.97 Å². The number of hydrogen-bond acceptors (Lipinski definition) is 4. The second-order valence-corrected chi connectivity index (χ2v) is 4.90. The topological polar surface area (TPSA) is 55.2 Å². The van der Waals surface area contributed by atoms with Crippen molar-refractivity contribution in [2.45, 2.75) is 44.6 Å². The molecular formula is C13H20N2O2. The Morgan fingerprint density at radius 2 is 1.88 bits per heavy atom. The van der Waals surface area contributed by atoms with Crippen LogP contribution < -0.4 is 4.74 Å². The standard InChI is InChI=1S/C13H20N2O2/c1-13(16,10-6-4-3-5-7-10)11-12(17-2)15-9-8-14-11/h8-10,16H,3-7H2,1-2H3. The summed E-state index contributed by atoms with van der Waals surface area (Å²) in [7, 11) is 1.56. The van der Waals surface area contributed by atoms with Gasteiger partial charge < -0.3 is 9.84 Å². The van der Waals surface area contributed by atoms with E-state index in [1.54, 1.807) is 19.5 Å². The lowest BCUT2D eigenvalue weighted by molar-refractivity contribution is -0.0275. The van der Waals surface area contributed by atoms with Crippen molar-refractivity contribution in [3.05, 3.63) is 18.1 Å². The number of nitrogens with zero attached hydrogens (tertiary/aromatic N) is 2. The Morgan fingerprint density at radius 3 is 2.53 bits per heavy atom. The summed E-state index contributed by atoms with van der Waals surface area (Å²) in [4.78, 5) is 8.37.